The highest BCUT2D eigenvalue weighted by Gasteiger charge is 2.26. The summed E-state index contributed by atoms with van der Waals surface area (Å²) >= 11 is 3.41. The second kappa shape index (κ2) is 4.84. The monoisotopic (exact) mass is 285 g/mol. The molecule has 0 bridgehead atoms. The lowest BCUT2D eigenvalue weighted by Gasteiger charge is -2.36. The molecule has 1 atom stereocenters. The summed E-state index contributed by atoms with van der Waals surface area (Å²) in [5.74, 6) is 0.654. The molecule has 0 heterocycles. The molecule has 1 unspecified atom stereocenters. The van der Waals surface area contributed by atoms with Crippen LogP contribution in [0.25, 0.3) is 0 Å². The summed E-state index contributed by atoms with van der Waals surface area (Å²) in [4.78, 5) is 0. The first kappa shape index (κ1) is 12.1. The first-order valence-corrected chi connectivity index (χ1v) is 6.56. The van der Waals surface area contributed by atoms with Crippen molar-refractivity contribution in [2.24, 2.45) is 5.92 Å². The maximum Gasteiger partial charge on any atom is 0.124 e. The lowest BCUT2D eigenvalue weighted by Crippen LogP contribution is -2.41. The molecule has 1 aromatic rings. The molecule has 16 heavy (non-hydrogen) atoms. The smallest absolute Gasteiger partial charge is 0.124 e. The fourth-order valence-corrected chi connectivity index (χ4v) is 3.03. The van der Waals surface area contributed by atoms with Crippen molar-refractivity contribution < 1.29 is 4.39 Å². The zero-order valence-electron chi connectivity index (χ0n) is 9.63. The third kappa shape index (κ3) is 2.64. The Morgan fingerprint density at radius 3 is 2.69 bits per heavy atom. The molecule has 1 aliphatic rings. The fraction of sp³-hybridized carbons (Fsp3) is 0.538. The average molecular weight is 286 g/mol. The molecule has 0 amide bonds. The third-order valence-electron chi connectivity index (χ3n) is 3.29. The van der Waals surface area contributed by atoms with Gasteiger partial charge in [-0.05, 0) is 43.4 Å². The van der Waals surface area contributed by atoms with Gasteiger partial charge < -0.3 is 5.32 Å². The van der Waals surface area contributed by atoms with Crippen molar-refractivity contribution in [2.45, 2.75) is 38.8 Å². The Morgan fingerprint density at radius 1 is 1.44 bits per heavy atom. The van der Waals surface area contributed by atoms with Crippen LogP contribution in [0.15, 0.2) is 22.7 Å². The van der Waals surface area contributed by atoms with Crippen LogP contribution in [0.5, 0.6) is 0 Å². The molecule has 0 radical (unpaired) electrons. The van der Waals surface area contributed by atoms with Crippen molar-refractivity contribution >= 4 is 15.9 Å². The number of halogens is 2. The first-order chi connectivity index (χ1) is 7.56. The molecule has 1 fully saturated rings. The van der Waals surface area contributed by atoms with E-state index < -0.39 is 0 Å². The summed E-state index contributed by atoms with van der Waals surface area (Å²) in [6.45, 7) is 4.40. The molecule has 1 N–H and O–H groups in total. The van der Waals surface area contributed by atoms with Crippen LogP contribution in [0.3, 0.4) is 0 Å². The van der Waals surface area contributed by atoms with E-state index in [0.29, 0.717) is 6.04 Å². The second-order valence-corrected chi connectivity index (χ2v) is 5.68. The maximum absolute atomic E-state index is 13.0. The zero-order chi connectivity index (χ0) is 11.7. The van der Waals surface area contributed by atoms with E-state index in [1.165, 1.54) is 25.0 Å². The Kier molecular flexibility index (Phi) is 3.65. The van der Waals surface area contributed by atoms with Gasteiger partial charge in [0.2, 0.25) is 0 Å². The number of rotatable bonds is 3. The molecule has 2 rings (SSSR count). The van der Waals surface area contributed by atoms with E-state index in [0.717, 1.165) is 16.0 Å². The van der Waals surface area contributed by atoms with Crippen molar-refractivity contribution in [1.82, 2.24) is 5.32 Å². The molecular weight excluding hydrogens is 269 g/mol. The normalized spacial score (nSPS) is 26.2. The number of hydrogen-bond acceptors (Lipinski definition) is 1. The molecule has 3 heteroatoms. The molecule has 1 aliphatic carbocycles. The van der Waals surface area contributed by atoms with Gasteiger partial charge in [0.15, 0.2) is 0 Å². The van der Waals surface area contributed by atoms with E-state index >= 15 is 0 Å². The second-order valence-electron chi connectivity index (χ2n) is 4.83. The van der Waals surface area contributed by atoms with E-state index in [2.05, 4.69) is 35.1 Å². The van der Waals surface area contributed by atoms with Gasteiger partial charge in [-0.15, -0.1) is 0 Å². The molecule has 0 saturated heterocycles. The quantitative estimate of drug-likeness (QED) is 0.884. The minimum atomic E-state index is -0.194. The van der Waals surface area contributed by atoms with Crippen LogP contribution in [0.2, 0.25) is 0 Å². The summed E-state index contributed by atoms with van der Waals surface area (Å²) in [5, 5.41) is 3.57. The minimum absolute atomic E-state index is 0.194. The van der Waals surface area contributed by atoms with Crippen molar-refractivity contribution in [1.29, 1.82) is 0 Å². The highest BCUT2D eigenvalue weighted by molar-refractivity contribution is 9.10. The van der Waals surface area contributed by atoms with Crippen LogP contribution < -0.4 is 5.32 Å². The lowest BCUT2D eigenvalue weighted by atomic mass is 9.81. The van der Waals surface area contributed by atoms with Gasteiger partial charge in [0.25, 0.3) is 0 Å². The molecule has 1 saturated carbocycles. The Morgan fingerprint density at radius 2 is 2.12 bits per heavy atom. The van der Waals surface area contributed by atoms with Crippen molar-refractivity contribution in [3.63, 3.8) is 0 Å². The van der Waals surface area contributed by atoms with Crippen LogP contribution in [0.1, 0.15) is 38.3 Å². The number of hydrogen-bond donors (Lipinski definition) is 1. The van der Waals surface area contributed by atoms with E-state index in [1.807, 2.05) is 6.07 Å². The lowest BCUT2D eigenvalue weighted by molar-refractivity contribution is 0.226. The summed E-state index contributed by atoms with van der Waals surface area (Å²) in [6.07, 6.45) is 2.51. The Bertz CT molecular complexity index is 374. The van der Waals surface area contributed by atoms with Gasteiger partial charge >= 0.3 is 0 Å². The van der Waals surface area contributed by atoms with Crippen molar-refractivity contribution in [3.8, 4) is 0 Å². The topological polar surface area (TPSA) is 12.0 Å². The molecule has 0 aromatic heterocycles. The Labute approximate surface area is 105 Å². The molecule has 88 valence electrons. The summed E-state index contributed by atoms with van der Waals surface area (Å²) in [5.41, 5.74) is 1.13. The van der Waals surface area contributed by atoms with Crippen LogP contribution in [0.4, 0.5) is 4.39 Å². The van der Waals surface area contributed by atoms with E-state index in [-0.39, 0.29) is 11.9 Å². The zero-order valence-corrected chi connectivity index (χ0v) is 11.2. The molecule has 1 nitrogen and oxygen atoms in total. The third-order valence-corrected chi connectivity index (χ3v) is 3.98. The summed E-state index contributed by atoms with van der Waals surface area (Å²) in [6, 6.07) is 5.78. The molecule has 0 spiro atoms. The minimum Gasteiger partial charge on any atom is -0.307 e. The molecule has 1 aromatic carbocycles. The average Bonchev–Trinajstić information content (AvgIpc) is 2.15. The SMILES string of the molecule is CC1CC(NC(C)c2ccc(F)cc2Br)C1. The van der Waals surface area contributed by atoms with Crippen molar-refractivity contribution in [2.75, 3.05) is 0 Å². The summed E-state index contributed by atoms with van der Waals surface area (Å²) in [7, 11) is 0. The van der Waals surface area contributed by atoms with Gasteiger partial charge in [0, 0.05) is 16.6 Å². The largest absolute Gasteiger partial charge is 0.307 e. The predicted octanol–water partition coefficient (Wildman–Crippen LogP) is 4.04. The van der Waals surface area contributed by atoms with Gasteiger partial charge in [-0.25, -0.2) is 4.39 Å². The van der Waals surface area contributed by atoms with Crippen LogP contribution in [-0.4, -0.2) is 6.04 Å². The van der Waals surface area contributed by atoms with Crippen LogP contribution >= 0.6 is 15.9 Å². The van der Waals surface area contributed by atoms with Gasteiger partial charge in [-0.1, -0.05) is 28.9 Å². The Balaban J connectivity index is 2.00. The maximum atomic E-state index is 13.0. The van der Waals surface area contributed by atoms with Gasteiger partial charge in [-0.3, -0.25) is 0 Å². The first-order valence-electron chi connectivity index (χ1n) is 5.77. The van der Waals surface area contributed by atoms with Crippen LogP contribution in [0, 0.1) is 11.7 Å². The molecule has 0 aliphatic heterocycles. The highest BCUT2D eigenvalue weighted by atomic mass is 79.9. The van der Waals surface area contributed by atoms with E-state index in [9.17, 15) is 4.39 Å². The number of nitrogens with one attached hydrogen (secondary N) is 1. The number of benzene rings is 1. The van der Waals surface area contributed by atoms with Gasteiger partial charge in [0.05, 0.1) is 0 Å². The van der Waals surface area contributed by atoms with Gasteiger partial charge in [-0.2, -0.15) is 0 Å². The van der Waals surface area contributed by atoms with Crippen LogP contribution in [-0.2, 0) is 0 Å². The standard InChI is InChI=1S/C13H17BrFN/c1-8-5-11(6-8)16-9(2)12-4-3-10(15)7-13(12)14/h3-4,7-9,11,16H,5-6H2,1-2H3. The highest BCUT2D eigenvalue weighted by Crippen LogP contribution is 2.30. The van der Waals surface area contributed by atoms with E-state index in [1.54, 1.807) is 0 Å². The van der Waals surface area contributed by atoms with E-state index in [4.69, 9.17) is 0 Å². The van der Waals surface area contributed by atoms with Gasteiger partial charge in [0.1, 0.15) is 5.82 Å². The predicted molar refractivity (Wildman–Crippen MR) is 67.8 cm³/mol. The summed E-state index contributed by atoms with van der Waals surface area (Å²) < 4.78 is 13.8. The van der Waals surface area contributed by atoms with Crippen molar-refractivity contribution in [3.05, 3.63) is 34.1 Å². The Hall–Kier alpha value is -0.410. The molecular formula is C13H17BrFN. The fourth-order valence-electron chi connectivity index (χ4n) is 2.33.